The average molecular weight is 389 g/mol. The van der Waals surface area contributed by atoms with Gasteiger partial charge in [0.2, 0.25) is 10.0 Å². The molecule has 1 aromatic carbocycles. The molecule has 0 aliphatic heterocycles. The van der Waals surface area contributed by atoms with Crippen LogP contribution in [0.2, 0.25) is 5.15 Å². The molecule has 3 aromatic rings. The summed E-state index contributed by atoms with van der Waals surface area (Å²) < 4.78 is 25.4. The average Bonchev–Trinajstić information content (AvgIpc) is 3.09. The molecule has 0 aliphatic carbocycles. The molecule has 0 amide bonds. The van der Waals surface area contributed by atoms with Crippen molar-refractivity contribution in [3.8, 4) is 11.3 Å². The van der Waals surface area contributed by atoms with E-state index < -0.39 is 10.0 Å². The summed E-state index contributed by atoms with van der Waals surface area (Å²) in [5.74, 6) is -0.181. The van der Waals surface area contributed by atoms with Crippen LogP contribution in [0, 0.1) is 0 Å². The maximum atomic E-state index is 12.1. The Morgan fingerprint density at radius 3 is 2.31 bits per heavy atom. The largest absolute Gasteiger partial charge is 0.298 e. The lowest BCUT2D eigenvalue weighted by Crippen LogP contribution is -2.15. The number of nitrogens with zero attached hydrogens (tertiary/aromatic N) is 2. The normalized spacial score (nSPS) is 10.5. The van der Waals surface area contributed by atoms with Crippen molar-refractivity contribution in [2.45, 2.75) is 0 Å². The predicted molar refractivity (Wildman–Crippen MR) is 104 cm³/mol. The molecule has 7 heteroatoms. The molecule has 0 aliphatic rings. The van der Waals surface area contributed by atoms with E-state index in [0.29, 0.717) is 22.7 Å². The molecule has 0 fully saturated rings. The fourth-order valence-corrected chi connectivity index (χ4v) is 3.48. The Labute approximate surface area is 157 Å². The number of rotatable bonds is 5. The number of hydrogen-bond donors (Lipinski definition) is 0. The quantitative estimate of drug-likeness (QED) is 0.375. The fraction of sp³-hybridized carbons (Fsp3) is 0.0526. The first-order valence-corrected chi connectivity index (χ1v) is 9.60. The highest BCUT2D eigenvalue weighted by Crippen LogP contribution is 2.23. The molecule has 26 heavy (non-hydrogen) atoms. The molecular formula is C19H17ClN2O3S. The SMILES string of the molecule is C=CCS(=O)(=O)n1cc(C=O)cc1-c1ccccc1.Clc1ccccn1. The van der Waals surface area contributed by atoms with Gasteiger partial charge in [-0.25, -0.2) is 17.4 Å². The molecular weight excluding hydrogens is 372 g/mol. The van der Waals surface area contributed by atoms with Crippen molar-refractivity contribution in [1.82, 2.24) is 8.96 Å². The summed E-state index contributed by atoms with van der Waals surface area (Å²) in [5.41, 5.74) is 1.54. The molecule has 3 rings (SSSR count). The van der Waals surface area contributed by atoms with E-state index in [1.165, 1.54) is 12.3 Å². The van der Waals surface area contributed by atoms with Crippen LogP contribution < -0.4 is 0 Å². The molecule has 2 aromatic heterocycles. The van der Waals surface area contributed by atoms with Crippen molar-refractivity contribution in [2.75, 3.05) is 5.75 Å². The lowest BCUT2D eigenvalue weighted by atomic mass is 10.1. The van der Waals surface area contributed by atoms with Crippen molar-refractivity contribution in [3.05, 3.63) is 90.4 Å². The molecule has 0 saturated carbocycles. The summed E-state index contributed by atoms with van der Waals surface area (Å²) in [7, 11) is -3.54. The minimum atomic E-state index is -3.54. The van der Waals surface area contributed by atoms with E-state index in [9.17, 15) is 13.2 Å². The van der Waals surface area contributed by atoms with Gasteiger partial charge in [0, 0.05) is 18.0 Å². The Morgan fingerprint density at radius 2 is 1.81 bits per heavy atom. The van der Waals surface area contributed by atoms with Gasteiger partial charge >= 0.3 is 0 Å². The summed E-state index contributed by atoms with van der Waals surface area (Å²) in [4.78, 5) is 14.6. The predicted octanol–water partition coefficient (Wildman–Crippen LogP) is 4.07. The number of halogens is 1. The van der Waals surface area contributed by atoms with Crippen LogP contribution in [-0.2, 0) is 10.0 Å². The highest BCUT2D eigenvalue weighted by atomic mass is 35.5. The molecule has 0 atom stereocenters. The molecule has 0 spiro atoms. The van der Waals surface area contributed by atoms with Crippen LogP contribution >= 0.6 is 11.6 Å². The Kier molecular flexibility index (Phi) is 6.89. The molecule has 0 bridgehead atoms. The highest BCUT2D eigenvalue weighted by Gasteiger charge is 2.17. The fourth-order valence-electron chi connectivity index (χ4n) is 2.15. The number of carbonyl (C=O) groups excluding carboxylic acids is 1. The van der Waals surface area contributed by atoms with E-state index in [2.05, 4.69) is 11.6 Å². The van der Waals surface area contributed by atoms with Gasteiger partial charge in [0.1, 0.15) is 5.15 Å². The second-order valence-electron chi connectivity index (χ2n) is 5.16. The van der Waals surface area contributed by atoms with Crippen LogP contribution in [0.5, 0.6) is 0 Å². The van der Waals surface area contributed by atoms with Crippen LogP contribution in [0.1, 0.15) is 10.4 Å². The zero-order chi connectivity index (χ0) is 19.0. The van der Waals surface area contributed by atoms with E-state index >= 15 is 0 Å². The molecule has 2 heterocycles. The van der Waals surface area contributed by atoms with Crippen molar-refractivity contribution >= 4 is 27.9 Å². The van der Waals surface area contributed by atoms with Gasteiger partial charge in [-0.1, -0.05) is 54.1 Å². The topological polar surface area (TPSA) is 69.0 Å². The van der Waals surface area contributed by atoms with Crippen LogP contribution in [0.4, 0.5) is 0 Å². The van der Waals surface area contributed by atoms with Gasteiger partial charge in [-0.3, -0.25) is 4.79 Å². The molecule has 5 nitrogen and oxygen atoms in total. The smallest absolute Gasteiger partial charge is 0.242 e. The zero-order valence-electron chi connectivity index (χ0n) is 13.8. The van der Waals surface area contributed by atoms with Crippen LogP contribution in [0.15, 0.2) is 79.6 Å². The van der Waals surface area contributed by atoms with Gasteiger partial charge in [-0.15, -0.1) is 6.58 Å². The van der Waals surface area contributed by atoms with Gasteiger partial charge in [0.15, 0.2) is 6.29 Å². The second kappa shape index (κ2) is 9.12. The zero-order valence-corrected chi connectivity index (χ0v) is 15.4. The molecule has 134 valence electrons. The van der Waals surface area contributed by atoms with Gasteiger partial charge in [0.25, 0.3) is 0 Å². The second-order valence-corrected chi connectivity index (χ2v) is 7.44. The van der Waals surface area contributed by atoms with E-state index in [-0.39, 0.29) is 5.75 Å². The van der Waals surface area contributed by atoms with Crippen molar-refractivity contribution in [1.29, 1.82) is 0 Å². The van der Waals surface area contributed by atoms with Gasteiger partial charge in [0.05, 0.1) is 11.4 Å². The van der Waals surface area contributed by atoms with E-state index in [1.54, 1.807) is 30.5 Å². The summed E-state index contributed by atoms with van der Waals surface area (Å²) in [6.07, 6.45) is 4.94. The summed E-state index contributed by atoms with van der Waals surface area (Å²) in [5, 5.41) is 0.544. The summed E-state index contributed by atoms with van der Waals surface area (Å²) >= 11 is 5.43. The van der Waals surface area contributed by atoms with Crippen molar-refractivity contribution in [2.24, 2.45) is 0 Å². The molecule has 0 saturated heterocycles. The first-order valence-electron chi connectivity index (χ1n) is 7.61. The third kappa shape index (κ3) is 5.15. The number of aldehydes is 1. The van der Waals surface area contributed by atoms with E-state index in [0.717, 1.165) is 9.54 Å². The number of pyridine rings is 1. The third-order valence-corrected chi connectivity index (χ3v) is 5.05. The molecule has 0 N–H and O–H groups in total. The maximum Gasteiger partial charge on any atom is 0.242 e. The van der Waals surface area contributed by atoms with E-state index in [1.807, 2.05) is 30.3 Å². The minimum Gasteiger partial charge on any atom is -0.298 e. The van der Waals surface area contributed by atoms with Gasteiger partial charge in [-0.05, 0) is 23.8 Å². The number of carbonyl (C=O) groups is 1. The lowest BCUT2D eigenvalue weighted by Gasteiger charge is -2.08. The standard InChI is InChI=1S/C14H13NO3S.C5H4ClN/c1-2-8-19(17,18)15-10-12(11-16)9-14(15)13-6-4-3-5-7-13;6-5-3-1-2-4-7-5/h2-7,9-11H,1,8H2;1-4H. The van der Waals surface area contributed by atoms with Gasteiger partial charge < -0.3 is 0 Å². The van der Waals surface area contributed by atoms with E-state index in [4.69, 9.17) is 11.6 Å². The van der Waals surface area contributed by atoms with Crippen LogP contribution in [0.25, 0.3) is 11.3 Å². The summed E-state index contributed by atoms with van der Waals surface area (Å²) in [6, 6.07) is 16.0. The monoisotopic (exact) mass is 388 g/mol. The van der Waals surface area contributed by atoms with Crippen molar-refractivity contribution in [3.63, 3.8) is 0 Å². The lowest BCUT2D eigenvalue weighted by molar-refractivity contribution is 0.112. The van der Waals surface area contributed by atoms with Crippen LogP contribution in [0.3, 0.4) is 0 Å². The third-order valence-electron chi connectivity index (χ3n) is 3.27. The Morgan fingerprint density at radius 1 is 1.12 bits per heavy atom. The first kappa shape index (κ1) is 19.6. The molecule has 0 radical (unpaired) electrons. The minimum absolute atomic E-state index is 0.181. The highest BCUT2D eigenvalue weighted by molar-refractivity contribution is 7.90. The van der Waals surface area contributed by atoms with Crippen molar-refractivity contribution < 1.29 is 13.2 Å². The van der Waals surface area contributed by atoms with Crippen LogP contribution in [-0.4, -0.2) is 29.4 Å². The Bertz CT molecular complexity index is 969. The Balaban J connectivity index is 0.000000290. The Hall–Kier alpha value is -2.70. The number of aromatic nitrogens is 2. The number of benzene rings is 1. The van der Waals surface area contributed by atoms with Gasteiger partial charge in [-0.2, -0.15) is 0 Å². The maximum absolute atomic E-state index is 12.1. The number of hydrogen-bond acceptors (Lipinski definition) is 4. The molecule has 0 unspecified atom stereocenters. The summed E-state index contributed by atoms with van der Waals surface area (Å²) in [6.45, 7) is 3.44. The first-order chi connectivity index (χ1) is 12.5.